The van der Waals surface area contributed by atoms with Crippen LogP contribution >= 0.6 is 0 Å². The summed E-state index contributed by atoms with van der Waals surface area (Å²) < 4.78 is 38.6. The van der Waals surface area contributed by atoms with Crippen LogP contribution in [0.15, 0.2) is 30.3 Å². The van der Waals surface area contributed by atoms with Crippen LogP contribution in [0, 0.1) is 23.7 Å². The van der Waals surface area contributed by atoms with E-state index in [0.717, 1.165) is 19.3 Å². The van der Waals surface area contributed by atoms with E-state index < -0.39 is 23.7 Å². The monoisotopic (exact) mass is 353 g/mol. The third-order valence-electron chi connectivity index (χ3n) is 6.41. The normalized spacial score (nSPS) is 37.8. The van der Waals surface area contributed by atoms with Gasteiger partial charge < -0.3 is 10.4 Å². The first kappa shape index (κ1) is 16.9. The fourth-order valence-electron chi connectivity index (χ4n) is 5.88. The maximum atomic E-state index is 12.9. The quantitative estimate of drug-likeness (QED) is 0.872. The molecule has 1 aromatic rings. The molecule has 1 amide bonds. The Bertz CT molecular complexity index is 646. The van der Waals surface area contributed by atoms with Crippen LogP contribution < -0.4 is 5.32 Å². The summed E-state index contributed by atoms with van der Waals surface area (Å²) in [5.41, 5.74) is -0.347. The zero-order valence-corrected chi connectivity index (χ0v) is 13.8. The molecule has 3 nitrogen and oxygen atoms in total. The molecule has 4 bridgehead atoms. The highest BCUT2D eigenvalue weighted by molar-refractivity contribution is 5.82. The molecular formula is C19H22F3NO2. The molecule has 0 spiro atoms. The summed E-state index contributed by atoms with van der Waals surface area (Å²) in [6.45, 7) is 0. The molecule has 1 unspecified atom stereocenters. The summed E-state index contributed by atoms with van der Waals surface area (Å²) in [6, 6.07) is 7.94. The highest BCUT2D eigenvalue weighted by atomic mass is 19.4. The van der Waals surface area contributed by atoms with Crippen LogP contribution in [0.2, 0.25) is 0 Å². The molecule has 6 heteroatoms. The van der Waals surface area contributed by atoms with Gasteiger partial charge in [0.2, 0.25) is 0 Å². The van der Waals surface area contributed by atoms with E-state index in [0.29, 0.717) is 30.2 Å². The topological polar surface area (TPSA) is 49.3 Å². The van der Waals surface area contributed by atoms with Gasteiger partial charge in [0.1, 0.15) is 0 Å². The van der Waals surface area contributed by atoms with E-state index >= 15 is 0 Å². The second-order valence-corrected chi connectivity index (χ2v) is 8.10. The Morgan fingerprint density at radius 2 is 1.72 bits per heavy atom. The molecule has 0 aromatic heterocycles. The Balaban J connectivity index is 1.69. The Labute approximate surface area is 144 Å². The summed E-state index contributed by atoms with van der Waals surface area (Å²) in [4.78, 5) is 11.7. The lowest BCUT2D eigenvalue weighted by Gasteiger charge is -2.60. The zero-order valence-electron chi connectivity index (χ0n) is 13.8. The van der Waals surface area contributed by atoms with Gasteiger partial charge in [0.05, 0.1) is 11.6 Å². The van der Waals surface area contributed by atoms with Gasteiger partial charge in [-0.15, -0.1) is 0 Å². The molecule has 4 atom stereocenters. The molecule has 0 saturated heterocycles. The Kier molecular flexibility index (Phi) is 3.87. The molecule has 2 N–H and O–H groups in total. The van der Waals surface area contributed by atoms with Gasteiger partial charge in [-0.1, -0.05) is 30.3 Å². The van der Waals surface area contributed by atoms with Crippen LogP contribution in [0.4, 0.5) is 13.2 Å². The Morgan fingerprint density at radius 1 is 1.12 bits per heavy atom. The molecule has 4 aliphatic carbocycles. The van der Waals surface area contributed by atoms with E-state index in [-0.39, 0.29) is 11.8 Å². The van der Waals surface area contributed by atoms with Crippen LogP contribution in [0.1, 0.15) is 43.7 Å². The highest BCUT2D eigenvalue weighted by Crippen LogP contribution is 2.61. The zero-order chi connectivity index (χ0) is 17.8. The number of alkyl halides is 3. The number of amides is 1. The Morgan fingerprint density at radius 3 is 2.24 bits per heavy atom. The molecule has 4 saturated carbocycles. The largest absolute Gasteiger partial charge is 0.471 e. The van der Waals surface area contributed by atoms with Gasteiger partial charge in [0, 0.05) is 5.92 Å². The standard InChI is InChI=1S/C19H22F3NO2/c20-19(21,22)17(24)23-16(13-4-2-1-3-5-13)15-14-7-11-6-12(8-14)10-18(15,25)9-11/h1-5,11-12,14-16,25H,6-10H2,(H,23,24)/t11-,12-,14?,15-,16?,18?/m1/s1. The van der Waals surface area contributed by atoms with E-state index in [1.807, 2.05) is 0 Å². The number of carbonyl (C=O) groups is 1. The van der Waals surface area contributed by atoms with Crippen LogP contribution in [0.5, 0.6) is 0 Å². The minimum atomic E-state index is -4.93. The fraction of sp³-hybridized carbons (Fsp3) is 0.632. The number of rotatable bonds is 3. The molecule has 25 heavy (non-hydrogen) atoms. The Hall–Kier alpha value is -1.56. The van der Waals surface area contributed by atoms with E-state index in [9.17, 15) is 23.1 Å². The van der Waals surface area contributed by atoms with Crippen LogP contribution in [-0.4, -0.2) is 22.8 Å². The number of benzene rings is 1. The van der Waals surface area contributed by atoms with Gasteiger partial charge in [-0.2, -0.15) is 13.2 Å². The summed E-state index contributed by atoms with van der Waals surface area (Å²) in [5.74, 6) is -1.20. The average Bonchev–Trinajstić information content (AvgIpc) is 2.51. The summed E-state index contributed by atoms with van der Waals surface area (Å²) >= 11 is 0. The second kappa shape index (κ2) is 5.73. The van der Waals surface area contributed by atoms with Crippen molar-refractivity contribution >= 4 is 5.91 Å². The molecule has 0 radical (unpaired) electrons. The molecule has 0 heterocycles. The molecule has 0 aliphatic heterocycles. The highest BCUT2D eigenvalue weighted by Gasteiger charge is 2.59. The van der Waals surface area contributed by atoms with Crippen molar-refractivity contribution in [3.8, 4) is 0 Å². The third-order valence-corrected chi connectivity index (χ3v) is 6.41. The van der Waals surface area contributed by atoms with Crippen molar-refractivity contribution in [1.82, 2.24) is 5.32 Å². The van der Waals surface area contributed by atoms with Crippen molar-refractivity contribution < 1.29 is 23.1 Å². The number of halogens is 3. The maximum Gasteiger partial charge on any atom is 0.471 e. The van der Waals surface area contributed by atoms with Gasteiger partial charge in [0.25, 0.3) is 0 Å². The molecular weight excluding hydrogens is 331 g/mol. The lowest BCUT2D eigenvalue weighted by Crippen LogP contribution is -2.61. The van der Waals surface area contributed by atoms with Crippen molar-refractivity contribution in [2.45, 2.75) is 49.9 Å². The fourth-order valence-corrected chi connectivity index (χ4v) is 5.88. The first-order valence-electron chi connectivity index (χ1n) is 8.91. The third kappa shape index (κ3) is 2.94. The first-order valence-corrected chi connectivity index (χ1v) is 8.91. The van der Waals surface area contributed by atoms with Crippen molar-refractivity contribution in [1.29, 1.82) is 0 Å². The lowest BCUT2D eigenvalue weighted by atomic mass is 9.48. The SMILES string of the molecule is O=C(NC(c1ccccc1)[C@H]1C2C[C@H]3C[C@H](C2)CC1(O)C3)C(F)(F)F. The summed E-state index contributed by atoms with van der Waals surface area (Å²) in [6.07, 6.45) is -0.660. The molecule has 5 rings (SSSR count). The van der Waals surface area contributed by atoms with Gasteiger partial charge in [-0.05, 0) is 55.4 Å². The molecule has 4 fully saturated rings. The summed E-state index contributed by atoms with van der Waals surface area (Å²) in [5, 5.41) is 13.5. The second-order valence-electron chi connectivity index (χ2n) is 8.10. The van der Waals surface area contributed by atoms with Crippen molar-refractivity contribution in [3.63, 3.8) is 0 Å². The minimum absolute atomic E-state index is 0.162. The molecule has 136 valence electrons. The maximum absolute atomic E-state index is 12.9. The minimum Gasteiger partial charge on any atom is -0.389 e. The van der Waals surface area contributed by atoms with Crippen molar-refractivity contribution in [2.24, 2.45) is 23.7 Å². The van der Waals surface area contributed by atoms with E-state index in [1.165, 1.54) is 0 Å². The van der Waals surface area contributed by atoms with Gasteiger partial charge in [-0.3, -0.25) is 4.79 Å². The predicted molar refractivity (Wildman–Crippen MR) is 85.4 cm³/mol. The number of hydrogen-bond donors (Lipinski definition) is 2. The van der Waals surface area contributed by atoms with Gasteiger partial charge in [-0.25, -0.2) is 0 Å². The van der Waals surface area contributed by atoms with Crippen LogP contribution in [-0.2, 0) is 4.79 Å². The number of carbonyl (C=O) groups excluding carboxylic acids is 1. The molecule has 4 aliphatic rings. The number of aliphatic hydroxyl groups is 1. The van der Waals surface area contributed by atoms with Gasteiger partial charge in [0.15, 0.2) is 0 Å². The van der Waals surface area contributed by atoms with Crippen LogP contribution in [0.25, 0.3) is 0 Å². The van der Waals surface area contributed by atoms with Crippen molar-refractivity contribution in [2.75, 3.05) is 0 Å². The lowest BCUT2D eigenvalue weighted by molar-refractivity contribution is -0.190. The number of hydrogen-bond acceptors (Lipinski definition) is 2. The first-order chi connectivity index (χ1) is 11.8. The predicted octanol–water partition coefficient (Wildman–Crippen LogP) is 3.59. The van der Waals surface area contributed by atoms with E-state index in [4.69, 9.17) is 0 Å². The smallest absolute Gasteiger partial charge is 0.389 e. The average molecular weight is 353 g/mol. The van der Waals surface area contributed by atoms with E-state index in [1.54, 1.807) is 30.3 Å². The summed E-state index contributed by atoms with van der Waals surface area (Å²) in [7, 11) is 0. The molecule has 1 aromatic carbocycles. The van der Waals surface area contributed by atoms with Crippen LogP contribution in [0.3, 0.4) is 0 Å². The van der Waals surface area contributed by atoms with Gasteiger partial charge >= 0.3 is 12.1 Å². The van der Waals surface area contributed by atoms with Crippen molar-refractivity contribution in [3.05, 3.63) is 35.9 Å². The number of nitrogens with one attached hydrogen (secondary N) is 1. The van der Waals surface area contributed by atoms with E-state index in [2.05, 4.69) is 5.32 Å².